The molecule has 1 aromatic rings. The average Bonchev–Trinajstić information content (AvgIpc) is 2.95. The van der Waals surface area contributed by atoms with Gasteiger partial charge >= 0.3 is 0 Å². The fourth-order valence-corrected chi connectivity index (χ4v) is 3.47. The largest absolute Gasteiger partial charge is 0.313 e. The van der Waals surface area contributed by atoms with Gasteiger partial charge in [0.1, 0.15) is 0 Å². The lowest BCUT2D eigenvalue weighted by Crippen LogP contribution is -2.29. The van der Waals surface area contributed by atoms with Crippen molar-refractivity contribution in [3.63, 3.8) is 0 Å². The second kappa shape index (κ2) is 4.61. The maximum absolute atomic E-state index is 12.1. The molecule has 0 radical (unpaired) electrons. The molecule has 3 rings (SSSR count). The molecule has 2 heteroatoms. The fraction of sp³-hybridized carbons (Fsp3) is 0.533. The van der Waals surface area contributed by atoms with Gasteiger partial charge < -0.3 is 5.32 Å². The molecule has 1 aliphatic carbocycles. The summed E-state index contributed by atoms with van der Waals surface area (Å²) in [5, 5.41) is 3.54. The maximum Gasteiger partial charge on any atom is 0.164 e. The van der Waals surface area contributed by atoms with Gasteiger partial charge in [0.05, 0.1) is 0 Å². The number of fused-ring (bicyclic) bond motifs is 1. The van der Waals surface area contributed by atoms with E-state index < -0.39 is 0 Å². The summed E-state index contributed by atoms with van der Waals surface area (Å²) in [5.41, 5.74) is 0.857. The molecule has 0 amide bonds. The second-order valence-electron chi connectivity index (χ2n) is 5.36. The van der Waals surface area contributed by atoms with E-state index in [1.807, 2.05) is 30.3 Å². The van der Waals surface area contributed by atoms with Gasteiger partial charge in [-0.1, -0.05) is 36.8 Å². The first-order valence-corrected chi connectivity index (χ1v) is 6.66. The monoisotopic (exact) mass is 229 g/mol. The van der Waals surface area contributed by atoms with Crippen LogP contribution in [0.3, 0.4) is 0 Å². The van der Waals surface area contributed by atoms with Gasteiger partial charge in [-0.3, -0.25) is 4.79 Å². The molecule has 0 aromatic heterocycles. The van der Waals surface area contributed by atoms with Crippen molar-refractivity contribution >= 4 is 5.78 Å². The van der Waals surface area contributed by atoms with Gasteiger partial charge in [0.15, 0.2) is 5.78 Å². The fourth-order valence-electron chi connectivity index (χ4n) is 3.47. The Bertz CT molecular complexity index is 401. The van der Waals surface area contributed by atoms with Crippen molar-refractivity contribution in [1.82, 2.24) is 5.32 Å². The lowest BCUT2D eigenvalue weighted by molar-refractivity contribution is 0.0963. The molecule has 3 unspecified atom stereocenters. The van der Waals surface area contributed by atoms with Crippen LogP contribution >= 0.6 is 0 Å². The smallest absolute Gasteiger partial charge is 0.164 e. The topological polar surface area (TPSA) is 29.1 Å². The Morgan fingerprint density at radius 1 is 1.24 bits per heavy atom. The molecule has 1 saturated heterocycles. The summed E-state index contributed by atoms with van der Waals surface area (Å²) >= 11 is 0. The van der Waals surface area contributed by atoms with Gasteiger partial charge in [-0.2, -0.15) is 0 Å². The van der Waals surface area contributed by atoms with Gasteiger partial charge in [0, 0.05) is 18.0 Å². The van der Waals surface area contributed by atoms with Crippen molar-refractivity contribution in [2.75, 3.05) is 6.54 Å². The number of hydrogen-bond acceptors (Lipinski definition) is 2. The number of Topliss-reactive ketones (excluding diaryl/α,β-unsaturated/α-hetero) is 1. The summed E-state index contributed by atoms with van der Waals surface area (Å²) in [6.07, 6.45) is 4.69. The minimum Gasteiger partial charge on any atom is -0.313 e. The highest BCUT2D eigenvalue weighted by Gasteiger charge is 2.39. The van der Waals surface area contributed by atoms with Gasteiger partial charge in [-0.15, -0.1) is 0 Å². The first kappa shape index (κ1) is 11.0. The van der Waals surface area contributed by atoms with E-state index in [-0.39, 0.29) is 5.78 Å². The van der Waals surface area contributed by atoms with E-state index in [4.69, 9.17) is 0 Å². The normalized spacial score (nSPS) is 31.4. The summed E-state index contributed by atoms with van der Waals surface area (Å²) in [6.45, 7) is 1.12. The van der Waals surface area contributed by atoms with Gasteiger partial charge in [0.2, 0.25) is 0 Å². The van der Waals surface area contributed by atoms with Crippen LogP contribution in [-0.2, 0) is 0 Å². The van der Waals surface area contributed by atoms with Crippen LogP contribution in [0.4, 0.5) is 0 Å². The third kappa shape index (κ3) is 2.14. The van der Waals surface area contributed by atoms with Gasteiger partial charge in [0.25, 0.3) is 0 Å². The highest BCUT2D eigenvalue weighted by atomic mass is 16.1. The zero-order valence-electron chi connectivity index (χ0n) is 10.1. The zero-order chi connectivity index (χ0) is 11.7. The third-order valence-electron chi connectivity index (χ3n) is 4.38. The summed E-state index contributed by atoms with van der Waals surface area (Å²) in [5.74, 6) is 1.88. The Morgan fingerprint density at radius 2 is 2.06 bits per heavy atom. The van der Waals surface area contributed by atoms with E-state index in [1.54, 1.807) is 0 Å². The van der Waals surface area contributed by atoms with E-state index in [2.05, 4.69) is 5.32 Å². The molecule has 17 heavy (non-hydrogen) atoms. The average molecular weight is 229 g/mol. The Balaban J connectivity index is 1.66. The van der Waals surface area contributed by atoms with Crippen LogP contribution < -0.4 is 5.32 Å². The van der Waals surface area contributed by atoms with Crippen LogP contribution in [0.15, 0.2) is 30.3 Å². The number of carbonyl (C=O) groups is 1. The summed E-state index contributed by atoms with van der Waals surface area (Å²) in [4.78, 5) is 12.1. The van der Waals surface area contributed by atoms with Crippen molar-refractivity contribution in [3.8, 4) is 0 Å². The van der Waals surface area contributed by atoms with Crippen molar-refractivity contribution < 1.29 is 4.79 Å². The quantitative estimate of drug-likeness (QED) is 0.807. The first-order chi connectivity index (χ1) is 8.34. The molecule has 2 fully saturated rings. The third-order valence-corrected chi connectivity index (χ3v) is 4.38. The predicted molar refractivity (Wildman–Crippen MR) is 68.0 cm³/mol. The minimum absolute atomic E-state index is 0.288. The Morgan fingerprint density at radius 3 is 2.88 bits per heavy atom. The Hall–Kier alpha value is -1.15. The van der Waals surface area contributed by atoms with Crippen LogP contribution in [0, 0.1) is 11.8 Å². The minimum atomic E-state index is 0.288. The van der Waals surface area contributed by atoms with Crippen LogP contribution in [0.1, 0.15) is 36.0 Å². The van der Waals surface area contributed by atoms with E-state index in [1.165, 1.54) is 19.3 Å². The van der Waals surface area contributed by atoms with Crippen molar-refractivity contribution in [1.29, 1.82) is 0 Å². The lowest BCUT2D eigenvalue weighted by Gasteiger charge is -2.17. The molecule has 1 N–H and O–H groups in total. The molecule has 1 heterocycles. The zero-order valence-corrected chi connectivity index (χ0v) is 10.1. The molecular weight excluding hydrogens is 210 g/mol. The van der Waals surface area contributed by atoms with Crippen molar-refractivity contribution in [2.24, 2.45) is 11.8 Å². The van der Waals surface area contributed by atoms with E-state index in [0.29, 0.717) is 12.5 Å². The number of benzene rings is 1. The maximum atomic E-state index is 12.1. The molecule has 2 nitrogen and oxygen atoms in total. The molecule has 1 aromatic carbocycles. The molecule has 1 saturated carbocycles. The Kier molecular flexibility index (Phi) is 2.98. The molecule has 2 aliphatic rings. The van der Waals surface area contributed by atoms with Crippen molar-refractivity contribution in [2.45, 2.75) is 31.7 Å². The van der Waals surface area contributed by atoms with Gasteiger partial charge in [-0.25, -0.2) is 0 Å². The van der Waals surface area contributed by atoms with E-state index in [0.717, 1.165) is 23.9 Å². The first-order valence-electron chi connectivity index (χ1n) is 6.66. The van der Waals surface area contributed by atoms with E-state index in [9.17, 15) is 4.79 Å². The number of carbonyl (C=O) groups excluding carboxylic acids is 1. The highest BCUT2D eigenvalue weighted by Crippen LogP contribution is 2.38. The molecule has 1 aliphatic heterocycles. The van der Waals surface area contributed by atoms with Gasteiger partial charge in [-0.05, 0) is 31.2 Å². The lowest BCUT2D eigenvalue weighted by atomic mass is 9.90. The number of nitrogens with one attached hydrogen (secondary N) is 1. The molecule has 90 valence electrons. The van der Waals surface area contributed by atoms with Crippen LogP contribution in [0.2, 0.25) is 0 Å². The summed E-state index contributed by atoms with van der Waals surface area (Å²) in [6, 6.07) is 10.1. The molecular formula is C15H19NO. The van der Waals surface area contributed by atoms with E-state index >= 15 is 0 Å². The second-order valence-corrected chi connectivity index (χ2v) is 5.36. The standard InChI is InChI=1S/C15H19NO/c17-15(11-5-2-1-3-6-11)9-14-13-8-4-7-12(13)10-16-14/h1-3,5-6,12-14,16H,4,7-10H2. The van der Waals surface area contributed by atoms with Crippen molar-refractivity contribution in [3.05, 3.63) is 35.9 Å². The summed E-state index contributed by atoms with van der Waals surface area (Å²) in [7, 11) is 0. The Labute approximate surface area is 102 Å². The summed E-state index contributed by atoms with van der Waals surface area (Å²) < 4.78 is 0. The number of rotatable bonds is 3. The molecule has 3 atom stereocenters. The number of hydrogen-bond donors (Lipinski definition) is 1. The van der Waals surface area contributed by atoms with Crippen LogP contribution in [0.5, 0.6) is 0 Å². The van der Waals surface area contributed by atoms with Crippen LogP contribution in [-0.4, -0.2) is 18.4 Å². The molecule has 0 spiro atoms. The predicted octanol–water partition coefficient (Wildman–Crippen LogP) is 2.65. The number of ketones is 1. The SMILES string of the molecule is O=C(CC1NCC2CCCC21)c1ccccc1. The molecule has 0 bridgehead atoms. The van der Waals surface area contributed by atoms with Crippen LogP contribution in [0.25, 0.3) is 0 Å². The highest BCUT2D eigenvalue weighted by molar-refractivity contribution is 5.96.